The van der Waals surface area contributed by atoms with Crippen molar-refractivity contribution < 1.29 is 8.42 Å². The third-order valence-corrected chi connectivity index (χ3v) is 5.98. The van der Waals surface area contributed by atoms with Gasteiger partial charge in [0.25, 0.3) is 0 Å². The molecule has 1 heterocycles. The third kappa shape index (κ3) is 2.39. The van der Waals surface area contributed by atoms with Gasteiger partial charge in [0.15, 0.2) is 0 Å². The maximum absolute atomic E-state index is 12.0. The Hall–Kier alpha value is -0.590. The normalized spacial score (nSPS) is 26.1. The van der Waals surface area contributed by atoms with Gasteiger partial charge in [0, 0.05) is 17.1 Å². The molecule has 0 spiro atoms. The number of hydrogen-bond acceptors (Lipinski definition) is 4. The van der Waals surface area contributed by atoms with E-state index in [9.17, 15) is 8.42 Å². The SMILES string of the molecule is CC1CCCC1NS(=O)(=O)c1cc(N)cs1. The second-order valence-electron chi connectivity index (χ2n) is 4.34. The fourth-order valence-electron chi connectivity index (χ4n) is 2.05. The highest BCUT2D eigenvalue weighted by molar-refractivity contribution is 7.91. The minimum absolute atomic E-state index is 0.0772. The number of thiophene rings is 1. The summed E-state index contributed by atoms with van der Waals surface area (Å²) in [6.45, 7) is 2.09. The molecule has 1 aliphatic rings. The quantitative estimate of drug-likeness (QED) is 0.870. The van der Waals surface area contributed by atoms with Gasteiger partial charge in [-0.1, -0.05) is 13.3 Å². The molecule has 0 radical (unpaired) electrons. The number of rotatable bonds is 3. The first-order valence-corrected chi connectivity index (χ1v) is 7.71. The van der Waals surface area contributed by atoms with E-state index in [2.05, 4.69) is 11.6 Å². The monoisotopic (exact) mass is 260 g/mol. The fourth-order valence-corrected chi connectivity index (χ4v) is 4.52. The molecule has 90 valence electrons. The zero-order chi connectivity index (χ0) is 11.8. The standard InChI is InChI=1S/C10H16N2O2S2/c1-7-3-2-4-9(7)12-16(13,14)10-5-8(11)6-15-10/h5-7,9,12H,2-4,11H2,1H3. The van der Waals surface area contributed by atoms with E-state index >= 15 is 0 Å². The molecule has 1 fully saturated rings. The molecule has 2 unspecified atom stereocenters. The first-order chi connectivity index (χ1) is 7.49. The predicted molar refractivity (Wildman–Crippen MR) is 65.9 cm³/mol. The summed E-state index contributed by atoms with van der Waals surface area (Å²) >= 11 is 1.17. The maximum Gasteiger partial charge on any atom is 0.250 e. The molecule has 6 heteroatoms. The number of sulfonamides is 1. The lowest BCUT2D eigenvalue weighted by Gasteiger charge is -2.16. The molecular formula is C10H16N2O2S2. The van der Waals surface area contributed by atoms with Crippen molar-refractivity contribution >= 4 is 27.0 Å². The van der Waals surface area contributed by atoms with Crippen LogP contribution in [0.1, 0.15) is 26.2 Å². The van der Waals surface area contributed by atoms with E-state index < -0.39 is 10.0 Å². The second-order valence-corrected chi connectivity index (χ2v) is 7.19. The van der Waals surface area contributed by atoms with E-state index in [0.717, 1.165) is 19.3 Å². The van der Waals surface area contributed by atoms with Gasteiger partial charge in [-0.15, -0.1) is 11.3 Å². The van der Waals surface area contributed by atoms with Crippen molar-refractivity contribution in [2.75, 3.05) is 5.73 Å². The maximum atomic E-state index is 12.0. The van der Waals surface area contributed by atoms with Crippen molar-refractivity contribution in [2.45, 2.75) is 36.4 Å². The van der Waals surface area contributed by atoms with Gasteiger partial charge in [-0.3, -0.25) is 0 Å². The van der Waals surface area contributed by atoms with Crippen LogP contribution >= 0.6 is 11.3 Å². The van der Waals surface area contributed by atoms with Gasteiger partial charge in [-0.2, -0.15) is 0 Å². The van der Waals surface area contributed by atoms with Gasteiger partial charge >= 0.3 is 0 Å². The molecule has 1 saturated carbocycles. The zero-order valence-corrected chi connectivity index (χ0v) is 10.8. The lowest BCUT2D eigenvalue weighted by Crippen LogP contribution is -2.35. The average Bonchev–Trinajstić information content (AvgIpc) is 2.77. The van der Waals surface area contributed by atoms with Crippen molar-refractivity contribution in [2.24, 2.45) is 5.92 Å². The van der Waals surface area contributed by atoms with E-state index in [0.29, 0.717) is 15.8 Å². The van der Waals surface area contributed by atoms with Crippen LogP contribution in [0.4, 0.5) is 5.69 Å². The molecule has 0 aromatic carbocycles. The lowest BCUT2D eigenvalue weighted by molar-refractivity contribution is 0.477. The van der Waals surface area contributed by atoms with Crippen LogP contribution in [0.5, 0.6) is 0 Å². The van der Waals surface area contributed by atoms with Crippen LogP contribution in [-0.4, -0.2) is 14.5 Å². The van der Waals surface area contributed by atoms with Gasteiger partial charge in [0.2, 0.25) is 10.0 Å². The Morgan fingerprint density at radius 3 is 2.75 bits per heavy atom. The summed E-state index contributed by atoms with van der Waals surface area (Å²) in [6.07, 6.45) is 3.13. The summed E-state index contributed by atoms with van der Waals surface area (Å²) in [6, 6.07) is 1.58. The Morgan fingerprint density at radius 1 is 1.50 bits per heavy atom. The molecule has 4 nitrogen and oxygen atoms in total. The van der Waals surface area contributed by atoms with Crippen molar-refractivity contribution in [1.82, 2.24) is 4.72 Å². The highest BCUT2D eigenvalue weighted by Crippen LogP contribution is 2.28. The Bertz CT molecular complexity index is 467. The molecule has 1 aliphatic carbocycles. The van der Waals surface area contributed by atoms with E-state index in [-0.39, 0.29) is 6.04 Å². The largest absolute Gasteiger partial charge is 0.398 e. The smallest absolute Gasteiger partial charge is 0.250 e. The van der Waals surface area contributed by atoms with Crippen LogP contribution in [0.2, 0.25) is 0 Å². The zero-order valence-electron chi connectivity index (χ0n) is 9.14. The lowest BCUT2D eigenvalue weighted by atomic mass is 10.1. The van der Waals surface area contributed by atoms with Crippen molar-refractivity contribution in [3.8, 4) is 0 Å². The molecule has 0 bridgehead atoms. The van der Waals surface area contributed by atoms with Crippen molar-refractivity contribution in [1.29, 1.82) is 0 Å². The highest BCUT2D eigenvalue weighted by atomic mass is 32.2. The predicted octanol–water partition coefficient (Wildman–Crippen LogP) is 1.80. The number of anilines is 1. The Kier molecular flexibility index (Phi) is 3.23. The van der Waals surface area contributed by atoms with E-state index in [1.54, 1.807) is 5.38 Å². The summed E-state index contributed by atoms with van der Waals surface area (Å²) < 4.78 is 27.1. The minimum atomic E-state index is -3.37. The molecule has 0 aliphatic heterocycles. The summed E-state index contributed by atoms with van der Waals surface area (Å²) in [5, 5.41) is 1.65. The summed E-state index contributed by atoms with van der Waals surface area (Å²) in [4.78, 5) is 0. The van der Waals surface area contributed by atoms with Crippen LogP contribution in [-0.2, 0) is 10.0 Å². The van der Waals surface area contributed by atoms with Gasteiger partial charge in [0.1, 0.15) is 4.21 Å². The van der Waals surface area contributed by atoms with Gasteiger partial charge in [-0.25, -0.2) is 13.1 Å². The molecule has 2 atom stereocenters. The highest BCUT2D eigenvalue weighted by Gasteiger charge is 2.28. The van der Waals surface area contributed by atoms with Crippen molar-refractivity contribution in [3.05, 3.63) is 11.4 Å². The summed E-state index contributed by atoms with van der Waals surface area (Å²) in [7, 11) is -3.37. The molecule has 0 saturated heterocycles. The summed E-state index contributed by atoms with van der Waals surface area (Å²) in [5.74, 6) is 0.423. The first-order valence-electron chi connectivity index (χ1n) is 5.35. The number of nitrogens with one attached hydrogen (secondary N) is 1. The molecule has 1 aromatic rings. The summed E-state index contributed by atoms with van der Waals surface area (Å²) in [5.41, 5.74) is 6.03. The van der Waals surface area contributed by atoms with Crippen LogP contribution in [0, 0.1) is 5.92 Å². The van der Waals surface area contributed by atoms with Gasteiger partial charge in [-0.05, 0) is 24.8 Å². The van der Waals surface area contributed by atoms with Crippen LogP contribution < -0.4 is 10.5 Å². The molecule has 16 heavy (non-hydrogen) atoms. The minimum Gasteiger partial charge on any atom is -0.398 e. The van der Waals surface area contributed by atoms with Crippen LogP contribution in [0.25, 0.3) is 0 Å². The fraction of sp³-hybridized carbons (Fsp3) is 0.600. The van der Waals surface area contributed by atoms with Gasteiger partial charge in [0.05, 0.1) is 0 Å². The van der Waals surface area contributed by atoms with Crippen molar-refractivity contribution in [3.63, 3.8) is 0 Å². The van der Waals surface area contributed by atoms with Crippen LogP contribution in [0.15, 0.2) is 15.7 Å². The Balaban J connectivity index is 2.14. The number of nitrogen functional groups attached to an aromatic ring is 1. The molecule has 3 N–H and O–H groups in total. The van der Waals surface area contributed by atoms with E-state index in [1.165, 1.54) is 17.4 Å². The Labute approximate surface area is 99.9 Å². The first kappa shape index (κ1) is 11.9. The third-order valence-electron chi connectivity index (χ3n) is 3.03. The second kappa shape index (κ2) is 4.35. The van der Waals surface area contributed by atoms with E-state index in [4.69, 9.17) is 5.73 Å². The van der Waals surface area contributed by atoms with E-state index in [1.807, 2.05) is 0 Å². The molecule has 1 aromatic heterocycles. The molecule has 0 amide bonds. The molecular weight excluding hydrogens is 244 g/mol. The van der Waals surface area contributed by atoms with Crippen LogP contribution in [0.3, 0.4) is 0 Å². The topological polar surface area (TPSA) is 72.2 Å². The van der Waals surface area contributed by atoms with Gasteiger partial charge < -0.3 is 5.73 Å². The number of nitrogens with two attached hydrogens (primary N) is 1. The average molecular weight is 260 g/mol. The molecule has 2 rings (SSSR count). The number of hydrogen-bond donors (Lipinski definition) is 2. The Morgan fingerprint density at radius 2 is 2.25 bits per heavy atom.